The number of carbonyl (C=O) groups excluding carboxylic acids is 1. The minimum Gasteiger partial charge on any atom is -0.387 e. The van der Waals surface area contributed by atoms with Crippen molar-refractivity contribution in [2.24, 2.45) is 0 Å². The smallest absolute Gasteiger partial charge is 0.387 e. The first-order valence-electron chi connectivity index (χ1n) is 20.8. The number of phosphoric ester groups is 1. The lowest BCUT2D eigenvalue weighted by molar-refractivity contribution is -0.123. The Morgan fingerprint density at radius 2 is 0.918 bits per heavy atom. The van der Waals surface area contributed by atoms with Crippen LogP contribution in [0.1, 0.15) is 213 Å². The molecular weight excluding hydrogens is 633 g/mol. The van der Waals surface area contributed by atoms with Crippen LogP contribution in [-0.2, 0) is 13.9 Å². The van der Waals surface area contributed by atoms with Gasteiger partial charge in [0, 0.05) is 6.42 Å². The van der Waals surface area contributed by atoms with Gasteiger partial charge in [0.1, 0.15) is 0 Å². The fourth-order valence-electron chi connectivity index (χ4n) is 6.22. The Morgan fingerprint density at radius 1 is 0.571 bits per heavy atom. The molecule has 0 aliphatic heterocycles. The number of carbonyl (C=O) groups is 1. The molecule has 0 radical (unpaired) electrons. The van der Waals surface area contributed by atoms with Gasteiger partial charge in [-0.3, -0.25) is 9.32 Å². The summed E-state index contributed by atoms with van der Waals surface area (Å²) in [7, 11) is -4.71. The van der Waals surface area contributed by atoms with Crippen LogP contribution < -0.4 is 5.32 Å². The lowest BCUT2D eigenvalue weighted by Crippen LogP contribution is -2.45. The molecule has 7 nitrogen and oxygen atoms in total. The second-order valence-electron chi connectivity index (χ2n) is 14.3. The van der Waals surface area contributed by atoms with E-state index >= 15 is 0 Å². The Bertz CT molecular complexity index is 814. The van der Waals surface area contributed by atoms with Crippen LogP contribution in [0.5, 0.6) is 0 Å². The number of aliphatic hydroxyl groups excluding tert-OH is 1. The number of nitrogens with one attached hydrogen (secondary N) is 1. The highest BCUT2D eigenvalue weighted by Crippen LogP contribution is 2.35. The molecule has 4 N–H and O–H groups in total. The molecule has 2 atom stereocenters. The maximum atomic E-state index is 12.6. The standard InChI is InChI=1S/C41H80NO6P/c1-3-5-7-9-11-13-15-17-18-19-20-21-22-23-24-25-27-29-31-33-35-37-41(44)42-39(38-48-49(45,46)47)40(43)36-34-32-30-28-26-16-14-12-10-8-6-4-2/h17-18,34,36,39-40,43H,3-16,19-33,35,37-38H2,1-2H3,(H,42,44)(H2,45,46,47)/b18-17+,36-34+/t39-,40+/m0/s1. The summed E-state index contributed by atoms with van der Waals surface area (Å²) in [6.45, 7) is 4.06. The summed E-state index contributed by atoms with van der Waals surface area (Å²) >= 11 is 0. The van der Waals surface area contributed by atoms with Crippen LogP contribution in [0.15, 0.2) is 24.3 Å². The van der Waals surface area contributed by atoms with Gasteiger partial charge in [-0.15, -0.1) is 0 Å². The van der Waals surface area contributed by atoms with Gasteiger partial charge in [-0.25, -0.2) is 4.57 Å². The fraction of sp³-hybridized carbons (Fsp3) is 0.878. The third kappa shape index (κ3) is 38.1. The van der Waals surface area contributed by atoms with Crippen LogP contribution in [0.4, 0.5) is 0 Å². The van der Waals surface area contributed by atoms with Gasteiger partial charge in [-0.2, -0.15) is 0 Å². The summed E-state index contributed by atoms with van der Waals surface area (Å²) in [5.41, 5.74) is 0. The summed E-state index contributed by atoms with van der Waals surface area (Å²) in [6.07, 6.45) is 44.9. The number of phosphoric acid groups is 1. The Balaban J connectivity index is 3.90. The largest absolute Gasteiger partial charge is 0.469 e. The maximum Gasteiger partial charge on any atom is 0.469 e. The maximum absolute atomic E-state index is 12.6. The van der Waals surface area contributed by atoms with Crippen LogP contribution >= 0.6 is 7.82 Å². The third-order valence-electron chi connectivity index (χ3n) is 9.40. The van der Waals surface area contributed by atoms with E-state index in [1.807, 2.05) is 6.08 Å². The van der Waals surface area contributed by atoms with Crippen LogP contribution in [0, 0.1) is 0 Å². The van der Waals surface area contributed by atoms with Crippen molar-refractivity contribution >= 4 is 13.7 Å². The van der Waals surface area contributed by atoms with Gasteiger partial charge in [0.25, 0.3) is 0 Å². The average Bonchev–Trinajstić information content (AvgIpc) is 3.07. The fourth-order valence-corrected chi connectivity index (χ4v) is 6.57. The topological polar surface area (TPSA) is 116 Å². The van der Waals surface area contributed by atoms with Crippen molar-refractivity contribution in [1.29, 1.82) is 0 Å². The van der Waals surface area contributed by atoms with E-state index in [4.69, 9.17) is 9.79 Å². The van der Waals surface area contributed by atoms with Crippen LogP contribution in [-0.4, -0.2) is 39.6 Å². The number of allylic oxidation sites excluding steroid dienone is 3. The first-order valence-corrected chi connectivity index (χ1v) is 22.3. The van der Waals surface area contributed by atoms with Crippen LogP contribution in [0.2, 0.25) is 0 Å². The lowest BCUT2D eigenvalue weighted by atomic mass is 10.0. The molecular formula is C41H80NO6P. The molecule has 1 amide bonds. The molecule has 0 saturated heterocycles. The Kier molecular flexibility index (Phi) is 36.1. The van der Waals surface area contributed by atoms with E-state index in [-0.39, 0.29) is 5.91 Å². The summed E-state index contributed by atoms with van der Waals surface area (Å²) in [5, 5.41) is 13.4. The number of rotatable bonds is 38. The molecule has 0 spiro atoms. The van der Waals surface area contributed by atoms with E-state index < -0.39 is 26.6 Å². The van der Waals surface area contributed by atoms with E-state index in [2.05, 4.69) is 35.8 Å². The van der Waals surface area contributed by atoms with Gasteiger partial charge in [-0.1, -0.05) is 186 Å². The molecule has 8 heteroatoms. The van der Waals surface area contributed by atoms with Crippen molar-refractivity contribution in [3.05, 3.63) is 24.3 Å². The third-order valence-corrected chi connectivity index (χ3v) is 9.89. The zero-order valence-electron chi connectivity index (χ0n) is 32.1. The number of amides is 1. The highest BCUT2D eigenvalue weighted by Gasteiger charge is 2.24. The van der Waals surface area contributed by atoms with E-state index in [1.54, 1.807) is 6.08 Å². The van der Waals surface area contributed by atoms with Crippen molar-refractivity contribution in [2.45, 2.75) is 225 Å². The molecule has 0 aromatic carbocycles. The molecule has 0 bridgehead atoms. The van der Waals surface area contributed by atoms with E-state index in [9.17, 15) is 14.5 Å². The molecule has 0 heterocycles. The predicted molar refractivity (Wildman–Crippen MR) is 209 cm³/mol. The summed E-state index contributed by atoms with van der Waals surface area (Å²) in [6, 6.07) is -0.907. The van der Waals surface area contributed by atoms with Crippen LogP contribution in [0.3, 0.4) is 0 Å². The second-order valence-corrected chi connectivity index (χ2v) is 15.5. The van der Waals surface area contributed by atoms with Crippen molar-refractivity contribution in [3.8, 4) is 0 Å². The molecule has 0 rings (SSSR count). The lowest BCUT2D eigenvalue weighted by Gasteiger charge is -2.22. The number of hydrogen-bond acceptors (Lipinski definition) is 4. The van der Waals surface area contributed by atoms with Crippen molar-refractivity contribution in [3.63, 3.8) is 0 Å². The summed E-state index contributed by atoms with van der Waals surface area (Å²) < 4.78 is 15.9. The summed E-state index contributed by atoms with van der Waals surface area (Å²) in [4.78, 5) is 30.8. The van der Waals surface area contributed by atoms with Gasteiger partial charge in [-0.05, 0) is 44.9 Å². The van der Waals surface area contributed by atoms with E-state index in [1.165, 1.54) is 154 Å². The van der Waals surface area contributed by atoms with Gasteiger partial charge in [0.05, 0.1) is 18.8 Å². The SMILES string of the molecule is CCCCCCCC/C=C/CCCCCCCCCCCCCC(=O)N[C@@H](COP(=O)(O)O)[C@H](O)/C=C/CCCCCCCCCCCC. The first kappa shape index (κ1) is 48.0. The molecule has 0 fully saturated rings. The quantitative estimate of drug-likeness (QED) is 0.0287. The van der Waals surface area contributed by atoms with Crippen molar-refractivity contribution in [1.82, 2.24) is 5.32 Å². The minimum atomic E-state index is -4.71. The second kappa shape index (κ2) is 36.8. The average molecular weight is 714 g/mol. The zero-order chi connectivity index (χ0) is 36.1. The number of unbranched alkanes of at least 4 members (excludes halogenated alkanes) is 27. The minimum absolute atomic E-state index is 0.227. The molecule has 0 unspecified atom stereocenters. The molecule has 0 saturated carbocycles. The Morgan fingerprint density at radius 3 is 1.31 bits per heavy atom. The molecule has 290 valence electrons. The monoisotopic (exact) mass is 714 g/mol. The molecule has 49 heavy (non-hydrogen) atoms. The normalized spacial score (nSPS) is 13.5. The molecule has 0 aromatic rings. The molecule has 0 aliphatic carbocycles. The van der Waals surface area contributed by atoms with Crippen molar-refractivity contribution < 1.29 is 28.8 Å². The molecule has 0 aliphatic rings. The van der Waals surface area contributed by atoms with E-state index in [0.717, 1.165) is 38.5 Å². The van der Waals surface area contributed by atoms with Gasteiger partial charge in [0.15, 0.2) is 0 Å². The van der Waals surface area contributed by atoms with Crippen LogP contribution in [0.25, 0.3) is 0 Å². The number of aliphatic hydroxyl groups is 1. The summed E-state index contributed by atoms with van der Waals surface area (Å²) in [5.74, 6) is -0.227. The Labute approximate surface area is 303 Å². The van der Waals surface area contributed by atoms with Gasteiger partial charge in [0.2, 0.25) is 5.91 Å². The molecule has 0 aromatic heterocycles. The first-order chi connectivity index (χ1) is 23.8. The van der Waals surface area contributed by atoms with Crippen molar-refractivity contribution in [2.75, 3.05) is 6.61 Å². The van der Waals surface area contributed by atoms with E-state index in [0.29, 0.717) is 6.42 Å². The highest BCUT2D eigenvalue weighted by molar-refractivity contribution is 7.46. The van der Waals surface area contributed by atoms with Gasteiger partial charge < -0.3 is 20.2 Å². The Hall–Kier alpha value is -0.980. The zero-order valence-corrected chi connectivity index (χ0v) is 33.0. The highest BCUT2D eigenvalue weighted by atomic mass is 31.2. The number of hydrogen-bond donors (Lipinski definition) is 4. The van der Waals surface area contributed by atoms with Gasteiger partial charge >= 0.3 is 7.82 Å². The predicted octanol–water partition coefficient (Wildman–Crippen LogP) is 12.2.